The second-order valence-electron chi connectivity index (χ2n) is 25.3. The number of amides is 3. The molecule has 15 nitrogen and oxygen atoms in total. The molecule has 0 saturated heterocycles. The molecule has 0 saturated carbocycles. The molecule has 0 atom stereocenters. The number of alkyl halides is 6. The lowest BCUT2D eigenvalue weighted by Crippen LogP contribution is -2.34. The van der Waals surface area contributed by atoms with Crippen molar-refractivity contribution in [1.29, 1.82) is 0 Å². The van der Waals surface area contributed by atoms with Crippen LogP contribution in [0.4, 0.5) is 26.3 Å². The topological polar surface area (TPSA) is 155 Å². The van der Waals surface area contributed by atoms with E-state index in [2.05, 4.69) is 30.9 Å². The summed E-state index contributed by atoms with van der Waals surface area (Å²) in [5.41, 5.74) is 6.32. The number of carbonyl (C=O) groups is 3. The highest BCUT2D eigenvalue weighted by Gasteiger charge is 2.36. The summed E-state index contributed by atoms with van der Waals surface area (Å²) in [6.07, 6.45) is -2.63. The van der Waals surface area contributed by atoms with Crippen molar-refractivity contribution in [3.05, 3.63) is 374 Å². The molecule has 12 aromatic rings. The summed E-state index contributed by atoms with van der Waals surface area (Å²) in [6.45, 7) is 2.83. The Hall–Kier alpha value is -12.3. The van der Waals surface area contributed by atoms with Crippen LogP contribution < -0.4 is 28.4 Å². The molecule has 0 aliphatic heterocycles. The van der Waals surface area contributed by atoms with Gasteiger partial charge < -0.3 is 43.1 Å². The van der Waals surface area contributed by atoms with Gasteiger partial charge in [0.25, 0.3) is 17.7 Å². The molecule has 0 spiro atoms. The van der Waals surface area contributed by atoms with Gasteiger partial charge in [0.05, 0.1) is 38.0 Å². The number of rotatable bonds is 30. The van der Waals surface area contributed by atoms with Gasteiger partial charge in [0.1, 0.15) is 19.8 Å². The van der Waals surface area contributed by atoms with Crippen molar-refractivity contribution in [2.45, 2.75) is 71.1 Å². The van der Waals surface area contributed by atoms with Crippen molar-refractivity contribution in [3.63, 3.8) is 0 Å². The Morgan fingerprint density at radius 3 is 1.06 bits per heavy atom. The van der Waals surface area contributed by atoms with Crippen LogP contribution in [0.2, 0.25) is 0 Å². The first kappa shape index (κ1) is 81.2. The SMILES string of the molecule is COc1cc(CN(CCc2ccccn2)C(=O)c2ccc(Br)cc2)ccc1OCc1ccccc1.COc1cc(CN(CCc2ccccn2)C(=O)c2cccc(C(F)(F)F)c2)ccc1OCc1ccccc1.COc1cc(CN(CCc2ccccn2)C(=O)c2ccccc2C(F)(F)F)ccc1OCc1ccccc1. The van der Waals surface area contributed by atoms with Crippen LogP contribution in [0, 0.1) is 0 Å². The lowest BCUT2D eigenvalue weighted by molar-refractivity contribution is -0.138. The zero-order chi connectivity index (χ0) is 78.4. The Morgan fingerprint density at radius 2 is 0.703 bits per heavy atom. The van der Waals surface area contributed by atoms with E-state index in [4.69, 9.17) is 28.4 Å². The average Bonchev–Trinajstić information content (AvgIpc) is 0.813. The van der Waals surface area contributed by atoms with E-state index in [1.165, 1.54) is 54.4 Å². The second kappa shape index (κ2) is 40.8. The van der Waals surface area contributed by atoms with E-state index >= 15 is 0 Å². The molecule has 22 heteroatoms. The minimum atomic E-state index is -4.65. The third-order valence-electron chi connectivity index (χ3n) is 17.5. The fraction of sp³-hybridized carbons (Fsp3) is 0.191. The van der Waals surface area contributed by atoms with Gasteiger partial charge in [-0.3, -0.25) is 29.3 Å². The molecule has 12 rings (SSSR count). The van der Waals surface area contributed by atoms with Crippen LogP contribution in [0.1, 0.15) is 92.7 Å². The van der Waals surface area contributed by atoms with Crippen molar-refractivity contribution in [2.75, 3.05) is 41.0 Å². The maximum absolute atomic E-state index is 13.7. The number of ether oxygens (including phenoxy) is 6. The Balaban J connectivity index is 0.000000177. The van der Waals surface area contributed by atoms with Crippen molar-refractivity contribution in [2.24, 2.45) is 0 Å². The van der Waals surface area contributed by atoms with Crippen molar-refractivity contribution in [1.82, 2.24) is 29.7 Å². The maximum atomic E-state index is 13.7. The van der Waals surface area contributed by atoms with E-state index in [1.807, 2.05) is 187 Å². The molecular formula is C89H81BrF6N6O9. The maximum Gasteiger partial charge on any atom is 0.417 e. The van der Waals surface area contributed by atoms with Gasteiger partial charge in [0.2, 0.25) is 0 Å². The first-order chi connectivity index (χ1) is 53.8. The molecular weight excluding hydrogens is 1490 g/mol. The zero-order valence-corrected chi connectivity index (χ0v) is 62.8. The molecule has 3 amide bonds. The van der Waals surface area contributed by atoms with E-state index in [0.29, 0.717) is 97.8 Å². The fourth-order valence-corrected chi connectivity index (χ4v) is 11.9. The third-order valence-corrected chi connectivity index (χ3v) is 18.0. The molecule has 0 bridgehead atoms. The first-order valence-corrected chi connectivity index (χ1v) is 36.3. The summed E-state index contributed by atoms with van der Waals surface area (Å²) in [6, 6.07) is 79.3. The molecule has 0 unspecified atom stereocenters. The van der Waals surface area contributed by atoms with E-state index in [1.54, 1.807) is 68.2 Å². The van der Waals surface area contributed by atoms with Crippen molar-refractivity contribution >= 4 is 33.7 Å². The van der Waals surface area contributed by atoms with E-state index in [9.17, 15) is 40.7 Å². The van der Waals surface area contributed by atoms with E-state index < -0.39 is 40.9 Å². The molecule has 0 N–H and O–H groups in total. The molecule has 570 valence electrons. The Kier molecular flexibility index (Phi) is 29.8. The Morgan fingerprint density at radius 1 is 0.342 bits per heavy atom. The van der Waals surface area contributed by atoms with Crippen LogP contribution in [0.15, 0.2) is 296 Å². The fourth-order valence-electron chi connectivity index (χ4n) is 11.7. The normalized spacial score (nSPS) is 11.0. The molecule has 9 aromatic carbocycles. The van der Waals surface area contributed by atoms with Crippen LogP contribution in [0.3, 0.4) is 0 Å². The van der Waals surface area contributed by atoms with Gasteiger partial charge in [-0.15, -0.1) is 0 Å². The molecule has 111 heavy (non-hydrogen) atoms. The third kappa shape index (κ3) is 24.9. The number of aromatic nitrogens is 3. The second-order valence-corrected chi connectivity index (χ2v) is 26.2. The number of pyridine rings is 3. The predicted molar refractivity (Wildman–Crippen MR) is 416 cm³/mol. The standard InChI is InChI=1S/2C30H27F3N2O3.C29H27BrN2O3/c1-37-28-19-23(14-15-27(28)38-21-22-9-3-2-4-10-22)20-35(18-16-24-11-7-8-17-34-24)29(36)25-12-5-6-13-26(25)30(31,32)33;1-37-28-18-23(13-14-27(28)38-21-22-8-3-2-4-9-22)20-35(17-15-26-12-5-6-16-34-26)29(36)24-10-7-11-25(19-24)30(31,32)33;1-34-28-19-23(10-15-27(28)35-21-22-7-3-2-4-8-22)20-32(18-16-26-9-5-6-17-31-26)29(33)24-11-13-25(30)14-12-24/h2-15,17,19H,16,18,20-21H2,1H3;2-14,16,18-19H,15,17,20-21H2,1H3;2-15,17,19H,16,18,20-21H2,1H3. The lowest BCUT2D eigenvalue weighted by atomic mass is 10.0. The van der Waals surface area contributed by atoms with E-state index in [0.717, 1.165) is 67.6 Å². The largest absolute Gasteiger partial charge is 0.493 e. The average molecular weight is 1570 g/mol. The van der Waals surface area contributed by atoms with Crippen LogP contribution >= 0.6 is 15.9 Å². The molecule has 0 radical (unpaired) electrons. The van der Waals surface area contributed by atoms with E-state index in [-0.39, 0.29) is 37.6 Å². The van der Waals surface area contributed by atoms with Gasteiger partial charge in [-0.05, 0) is 161 Å². The summed E-state index contributed by atoms with van der Waals surface area (Å²) in [5, 5.41) is 0. The molecule has 0 aliphatic carbocycles. The van der Waals surface area contributed by atoms with Gasteiger partial charge in [-0.1, -0.05) is 162 Å². The van der Waals surface area contributed by atoms with Gasteiger partial charge in [-0.25, -0.2) is 0 Å². The number of methoxy groups -OCH3 is 3. The van der Waals surface area contributed by atoms with Crippen LogP contribution in [-0.4, -0.2) is 88.3 Å². The van der Waals surface area contributed by atoms with Crippen LogP contribution in [-0.2, 0) is 71.1 Å². The number of benzene rings is 9. The minimum Gasteiger partial charge on any atom is -0.493 e. The number of hydrogen-bond acceptors (Lipinski definition) is 12. The Labute approximate surface area is 649 Å². The van der Waals surface area contributed by atoms with Crippen LogP contribution in [0.5, 0.6) is 34.5 Å². The number of carbonyl (C=O) groups excluding carboxylic acids is 3. The van der Waals surface area contributed by atoms with Gasteiger partial charge in [0.15, 0.2) is 34.5 Å². The lowest BCUT2D eigenvalue weighted by Gasteiger charge is -2.25. The summed E-state index contributed by atoms with van der Waals surface area (Å²) >= 11 is 3.44. The van der Waals surface area contributed by atoms with Crippen molar-refractivity contribution in [3.8, 4) is 34.5 Å². The highest BCUT2D eigenvalue weighted by molar-refractivity contribution is 9.10. The van der Waals surface area contributed by atoms with Crippen LogP contribution in [0.25, 0.3) is 0 Å². The summed E-state index contributed by atoms with van der Waals surface area (Å²) in [4.78, 5) is 58.0. The van der Waals surface area contributed by atoms with Gasteiger partial charge in [-0.2, -0.15) is 26.3 Å². The predicted octanol–water partition coefficient (Wildman–Crippen LogP) is 19.5. The van der Waals surface area contributed by atoms with Gasteiger partial charge in [0, 0.05) is 110 Å². The first-order valence-electron chi connectivity index (χ1n) is 35.5. The number of halogens is 7. The summed E-state index contributed by atoms with van der Waals surface area (Å²) in [7, 11) is 4.67. The number of nitrogens with zero attached hydrogens (tertiary/aromatic N) is 6. The van der Waals surface area contributed by atoms with Crippen molar-refractivity contribution < 1.29 is 69.1 Å². The quantitative estimate of drug-likeness (QED) is 0.0394. The molecule has 0 aliphatic rings. The molecule has 0 fully saturated rings. The molecule has 3 heterocycles. The molecule has 3 aromatic heterocycles. The number of hydrogen-bond donors (Lipinski definition) is 0. The van der Waals surface area contributed by atoms with Gasteiger partial charge >= 0.3 is 12.4 Å². The highest BCUT2D eigenvalue weighted by atomic mass is 79.9. The minimum absolute atomic E-state index is 0.0307. The smallest absolute Gasteiger partial charge is 0.417 e. The monoisotopic (exact) mass is 1570 g/mol. The zero-order valence-electron chi connectivity index (χ0n) is 61.2. The Bertz CT molecular complexity index is 4910. The summed E-state index contributed by atoms with van der Waals surface area (Å²) < 4.78 is 116. The highest BCUT2D eigenvalue weighted by Crippen LogP contribution is 2.36. The summed E-state index contributed by atoms with van der Waals surface area (Å²) in [5.74, 6) is 2.09.